The molecular formula is C72H76N2O2. The van der Waals surface area contributed by atoms with E-state index < -0.39 is 0 Å². The van der Waals surface area contributed by atoms with Crippen molar-refractivity contribution >= 4 is 86.7 Å². The van der Waals surface area contributed by atoms with E-state index in [1.54, 1.807) is 0 Å². The Kier molecular flexibility index (Phi) is 16.1. The van der Waals surface area contributed by atoms with Gasteiger partial charge in [-0.25, -0.2) is 0 Å². The van der Waals surface area contributed by atoms with Gasteiger partial charge in [0.1, 0.15) is 0 Å². The van der Waals surface area contributed by atoms with Crippen LogP contribution in [-0.2, 0) is 13.1 Å². The van der Waals surface area contributed by atoms with Crippen molar-refractivity contribution in [2.75, 3.05) is 0 Å². The van der Waals surface area contributed by atoms with Crippen molar-refractivity contribution in [1.82, 2.24) is 9.13 Å². The third-order valence-corrected chi connectivity index (χ3v) is 16.8. The van der Waals surface area contributed by atoms with E-state index in [-0.39, 0.29) is 10.9 Å². The molecule has 0 aliphatic rings. The molecule has 9 aromatic carbocycles. The minimum Gasteiger partial charge on any atom is -0.340 e. The van der Waals surface area contributed by atoms with Crippen molar-refractivity contribution < 1.29 is 0 Å². The monoisotopic (exact) mass is 1000 g/mol. The first-order valence-electron chi connectivity index (χ1n) is 29.4. The van der Waals surface area contributed by atoms with Crippen molar-refractivity contribution in [2.45, 2.75) is 155 Å². The average molecular weight is 1000 g/mol. The van der Waals surface area contributed by atoms with Gasteiger partial charge in [-0.1, -0.05) is 214 Å². The molecule has 2 heterocycles. The number of pyridine rings is 2. The van der Waals surface area contributed by atoms with Gasteiger partial charge in [0, 0.05) is 34.6 Å². The van der Waals surface area contributed by atoms with Crippen LogP contribution in [0.4, 0.5) is 0 Å². The number of aryl methyl sites for hydroxylation is 2. The second kappa shape index (κ2) is 23.9. The lowest BCUT2D eigenvalue weighted by molar-refractivity contribution is 0.540. The Morgan fingerprint density at radius 2 is 0.553 bits per heavy atom. The molecule has 0 radical (unpaired) electrons. The van der Waals surface area contributed by atoms with E-state index in [4.69, 9.17) is 0 Å². The molecule has 0 N–H and O–H groups in total. The molecule has 0 unspecified atom stereocenters. The zero-order valence-electron chi connectivity index (χ0n) is 45.3. The van der Waals surface area contributed by atoms with E-state index in [0.717, 1.165) is 93.9 Å². The van der Waals surface area contributed by atoms with Gasteiger partial charge in [-0.3, -0.25) is 9.59 Å². The van der Waals surface area contributed by atoms with E-state index in [2.05, 4.69) is 181 Å². The number of benzene rings is 9. The molecule has 0 bridgehead atoms. The van der Waals surface area contributed by atoms with Crippen LogP contribution >= 0.6 is 0 Å². The van der Waals surface area contributed by atoms with Gasteiger partial charge >= 0.3 is 0 Å². The zero-order chi connectivity index (χ0) is 51.8. The van der Waals surface area contributed by atoms with E-state index in [9.17, 15) is 0 Å². The van der Waals surface area contributed by atoms with Crippen molar-refractivity contribution in [3.63, 3.8) is 0 Å². The van der Waals surface area contributed by atoms with Crippen LogP contribution in [0.2, 0.25) is 0 Å². The SMILES string of the molecule is CCCCCCCCCCCCn1c2ccc(-c3ccc4cc5ccccc5cc4c3)cc2c(=O)c2cc3c(cc21)c(=O)c1cc(-c2ccc4cc5ccccc5cc4c2)ccc1n3CCCCCCCCCCCC. The normalized spacial score (nSPS) is 12.0. The number of nitrogens with zero attached hydrogens (tertiary/aromatic N) is 2. The Balaban J connectivity index is 1.00. The molecule has 11 aromatic rings. The highest BCUT2D eigenvalue weighted by molar-refractivity contribution is 6.06. The highest BCUT2D eigenvalue weighted by Gasteiger charge is 2.19. The van der Waals surface area contributed by atoms with Gasteiger partial charge in [-0.05, 0) is 151 Å². The summed E-state index contributed by atoms with van der Waals surface area (Å²) in [7, 11) is 0. The van der Waals surface area contributed by atoms with Gasteiger partial charge in [-0.2, -0.15) is 0 Å². The first-order chi connectivity index (χ1) is 37.4. The second-order valence-electron chi connectivity index (χ2n) is 22.2. The lowest BCUT2D eigenvalue weighted by Crippen LogP contribution is -2.16. The fourth-order valence-corrected chi connectivity index (χ4v) is 12.4. The Morgan fingerprint density at radius 1 is 0.263 bits per heavy atom. The quantitative estimate of drug-likeness (QED) is 0.0447. The smallest absolute Gasteiger partial charge is 0.197 e. The molecule has 0 saturated heterocycles. The standard InChI is InChI=1S/C72H76N2O2/c1-3-5-7-9-11-13-15-17-19-25-39-73-67-37-35-59(55-31-33-57-41-51-27-21-23-29-53(51)43-61(57)45-55)47-63(67)71(75)65-50-70-66(49-69(65)73)72(76)64-48-60(56-32-34-58-42-52-28-22-24-30-54(52)44-62(58)46-56)36-38-68(64)74(70)40-26-20-18-16-14-12-10-8-6-4-2/h21-24,27-38,41-50H,3-20,25-26,39-40H2,1-2H3. The topological polar surface area (TPSA) is 44.0 Å². The largest absolute Gasteiger partial charge is 0.340 e. The second-order valence-corrected chi connectivity index (χ2v) is 22.2. The van der Waals surface area contributed by atoms with Crippen LogP contribution in [0, 0.1) is 0 Å². The van der Waals surface area contributed by atoms with E-state index in [0.29, 0.717) is 10.8 Å². The Hall–Kier alpha value is -7.04. The van der Waals surface area contributed by atoms with Crippen molar-refractivity contribution in [1.29, 1.82) is 0 Å². The van der Waals surface area contributed by atoms with Crippen LogP contribution in [0.1, 0.15) is 142 Å². The van der Waals surface area contributed by atoms with Gasteiger partial charge in [0.2, 0.25) is 0 Å². The molecule has 76 heavy (non-hydrogen) atoms. The van der Waals surface area contributed by atoms with Gasteiger partial charge in [0.25, 0.3) is 0 Å². The summed E-state index contributed by atoms with van der Waals surface area (Å²) in [5.74, 6) is 0. The highest BCUT2D eigenvalue weighted by atomic mass is 16.1. The Morgan fingerprint density at radius 3 is 0.921 bits per heavy atom. The van der Waals surface area contributed by atoms with Crippen LogP contribution in [-0.4, -0.2) is 9.13 Å². The summed E-state index contributed by atoms with van der Waals surface area (Å²) in [5.41, 5.74) is 7.87. The first kappa shape index (κ1) is 51.1. The van der Waals surface area contributed by atoms with Gasteiger partial charge in [0.05, 0.1) is 22.1 Å². The maximum atomic E-state index is 15.3. The molecule has 0 saturated carbocycles. The lowest BCUT2D eigenvalue weighted by Gasteiger charge is -2.20. The molecule has 11 rings (SSSR count). The third kappa shape index (κ3) is 11.0. The minimum absolute atomic E-state index is 0.0253. The van der Waals surface area contributed by atoms with Crippen LogP contribution in [0.15, 0.2) is 167 Å². The fourth-order valence-electron chi connectivity index (χ4n) is 12.4. The minimum atomic E-state index is 0.0253. The number of hydrogen-bond donors (Lipinski definition) is 0. The summed E-state index contributed by atoms with van der Waals surface area (Å²) in [6, 6.07) is 56.7. The molecule has 0 spiro atoms. The maximum absolute atomic E-state index is 15.3. The average Bonchev–Trinajstić information content (AvgIpc) is 3.46. The highest BCUT2D eigenvalue weighted by Crippen LogP contribution is 2.35. The molecule has 0 amide bonds. The molecule has 0 aliphatic heterocycles. The van der Waals surface area contributed by atoms with Gasteiger partial charge in [0.15, 0.2) is 10.9 Å². The zero-order valence-corrected chi connectivity index (χ0v) is 45.3. The summed E-state index contributed by atoms with van der Waals surface area (Å²) in [6.45, 7) is 6.12. The lowest BCUT2D eigenvalue weighted by atomic mass is 9.96. The molecular weight excluding hydrogens is 925 g/mol. The summed E-state index contributed by atoms with van der Waals surface area (Å²) in [6.07, 6.45) is 25.1. The van der Waals surface area contributed by atoms with Crippen LogP contribution in [0.3, 0.4) is 0 Å². The number of aromatic nitrogens is 2. The fraction of sp³-hybridized carbons (Fsp3) is 0.333. The predicted octanol–water partition coefficient (Wildman–Crippen LogP) is 20.4. The first-order valence-corrected chi connectivity index (χ1v) is 29.4. The van der Waals surface area contributed by atoms with Crippen LogP contribution in [0.25, 0.3) is 109 Å². The van der Waals surface area contributed by atoms with E-state index >= 15 is 9.59 Å². The number of rotatable bonds is 24. The Bertz CT molecular complexity index is 3730. The number of unbranched alkanes of at least 4 members (excludes halogenated alkanes) is 18. The summed E-state index contributed by atoms with van der Waals surface area (Å²) < 4.78 is 4.75. The number of hydrogen-bond acceptors (Lipinski definition) is 2. The predicted molar refractivity (Wildman–Crippen MR) is 330 cm³/mol. The molecule has 0 fully saturated rings. The molecule has 0 aliphatic carbocycles. The number of fused-ring (bicyclic) bond motifs is 8. The summed E-state index contributed by atoms with van der Waals surface area (Å²) >= 11 is 0. The molecule has 2 aromatic heterocycles. The van der Waals surface area contributed by atoms with E-state index in [1.165, 1.54) is 146 Å². The van der Waals surface area contributed by atoms with Crippen LogP contribution in [0.5, 0.6) is 0 Å². The Labute approximate surface area is 449 Å². The summed E-state index contributed by atoms with van der Waals surface area (Å²) in [4.78, 5) is 30.7. The molecule has 4 nitrogen and oxygen atoms in total. The molecule has 0 atom stereocenters. The van der Waals surface area contributed by atoms with Crippen molar-refractivity contribution in [3.8, 4) is 22.3 Å². The van der Waals surface area contributed by atoms with Crippen molar-refractivity contribution in [3.05, 3.63) is 178 Å². The van der Waals surface area contributed by atoms with Crippen molar-refractivity contribution in [2.24, 2.45) is 0 Å². The van der Waals surface area contributed by atoms with E-state index in [1.807, 2.05) is 0 Å². The maximum Gasteiger partial charge on any atom is 0.197 e. The molecule has 386 valence electrons. The third-order valence-electron chi connectivity index (χ3n) is 16.8. The molecule has 4 heteroatoms. The van der Waals surface area contributed by atoms with Crippen LogP contribution < -0.4 is 10.9 Å². The van der Waals surface area contributed by atoms with Gasteiger partial charge < -0.3 is 9.13 Å². The summed E-state index contributed by atoms with van der Waals surface area (Å²) in [5, 5.41) is 12.5. The van der Waals surface area contributed by atoms with Gasteiger partial charge in [-0.15, -0.1) is 0 Å².